The van der Waals surface area contributed by atoms with Gasteiger partial charge in [-0.1, -0.05) is 0 Å². The molecule has 0 saturated carbocycles. The molecule has 1 aliphatic heterocycles. The van der Waals surface area contributed by atoms with Crippen LogP contribution in [0.5, 0.6) is 0 Å². The van der Waals surface area contributed by atoms with Crippen molar-refractivity contribution in [1.29, 1.82) is 0 Å². The van der Waals surface area contributed by atoms with Gasteiger partial charge in [0.05, 0.1) is 11.0 Å². The summed E-state index contributed by atoms with van der Waals surface area (Å²) in [4.78, 5) is 19.5. The number of hydrogen-bond acceptors (Lipinski definition) is 6. The summed E-state index contributed by atoms with van der Waals surface area (Å²) in [7, 11) is 0. The van der Waals surface area contributed by atoms with Gasteiger partial charge in [-0.05, 0) is 33.7 Å². The van der Waals surface area contributed by atoms with Crippen LogP contribution in [-0.2, 0) is 9.53 Å². The Morgan fingerprint density at radius 1 is 1.60 bits per heavy atom. The molecule has 0 radical (unpaired) electrons. The fraction of sp³-hybridized carbons (Fsp3) is 0.667. The maximum absolute atomic E-state index is 10.4. The smallest absolute Gasteiger partial charge is 0.307 e. The number of aromatic nitrogens is 2. The van der Waals surface area contributed by atoms with Crippen LogP contribution < -0.4 is 5.32 Å². The van der Waals surface area contributed by atoms with Gasteiger partial charge in [-0.15, -0.1) is 0 Å². The SMILES string of the molecule is CC(C)(C)OC=O.O=[N+]([O-])c1cnn([C@@H]2CCNC2)c1. The van der Waals surface area contributed by atoms with E-state index in [2.05, 4.69) is 15.2 Å². The lowest BCUT2D eigenvalue weighted by molar-refractivity contribution is -0.385. The minimum absolute atomic E-state index is 0.0619. The number of carbonyl (C=O) groups excluding carboxylic acids is 1. The van der Waals surface area contributed by atoms with Crippen LogP contribution in [0.15, 0.2) is 12.4 Å². The van der Waals surface area contributed by atoms with Crippen molar-refractivity contribution in [2.45, 2.75) is 38.8 Å². The lowest BCUT2D eigenvalue weighted by Gasteiger charge is -2.14. The van der Waals surface area contributed by atoms with Gasteiger partial charge in [-0.3, -0.25) is 19.6 Å². The fourth-order valence-electron chi connectivity index (χ4n) is 1.63. The number of nitrogens with one attached hydrogen (secondary N) is 1. The molecule has 0 amide bonds. The van der Waals surface area contributed by atoms with Crippen molar-refractivity contribution in [3.05, 3.63) is 22.5 Å². The van der Waals surface area contributed by atoms with E-state index in [-0.39, 0.29) is 17.3 Å². The summed E-state index contributed by atoms with van der Waals surface area (Å²) in [5, 5.41) is 17.5. The van der Waals surface area contributed by atoms with E-state index in [1.807, 2.05) is 20.8 Å². The van der Waals surface area contributed by atoms with Crippen LogP contribution in [0.4, 0.5) is 5.69 Å². The van der Waals surface area contributed by atoms with Gasteiger partial charge in [-0.2, -0.15) is 5.10 Å². The maximum atomic E-state index is 10.4. The summed E-state index contributed by atoms with van der Waals surface area (Å²) in [6.45, 7) is 7.72. The molecular formula is C12H20N4O4. The summed E-state index contributed by atoms with van der Waals surface area (Å²) in [6, 6.07) is 0.272. The molecule has 0 bridgehead atoms. The molecule has 8 heteroatoms. The summed E-state index contributed by atoms with van der Waals surface area (Å²) < 4.78 is 6.21. The molecule has 1 aliphatic rings. The summed E-state index contributed by atoms with van der Waals surface area (Å²) in [5.41, 5.74) is -0.256. The summed E-state index contributed by atoms with van der Waals surface area (Å²) in [5.74, 6) is 0. The summed E-state index contributed by atoms with van der Waals surface area (Å²) >= 11 is 0. The topological polar surface area (TPSA) is 99.3 Å². The van der Waals surface area contributed by atoms with E-state index < -0.39 is 4.92 Å². The van der Waals surface area contributed by atoms with Crippen LogP contribution in [0.3, 0.4) is 0 Å². The maximum Gasteiger partial charge on any atom is 0.307 e. The number of nitrogens with zero attached hydrogens (tertiary/aromatic N) is 3. The van der Waals surface area contributed by atoms with Gasteiger partial charge in [0.1, 0.15) is 18.0 Å². The molecule has 0 aromatic carbocycles. The Labute approximate surface area is 117 Å². The van der Waals surface area contributed by atoms with Gasteiger partial charge in [0, 0.05) is 6.54 Å². The second kappa shape index (κ2) is 6.99. The zero-order valence-electron chi connectivity index (χ0n) is 11.9. The molecule has 20 heavy (non-hydrogen) atoms. The van der Waals surface area contributed by atoms with Gasteiger partial charge in [0.25, 0.3) is 6.47 Å². The highest BCUT2D eigenvalue weighted by Crippen LogP contribution is 2.17. The van der Waals surface area contributed by atoms with Gasteiger partial charge < -0.3 is 10.1 Å². The third kappa shape index (κ3) is 5.35. The molecule has 0 spiro atoms. The van der Waals surface area contributed by atoms with E-state index in [4.69, 9.17) is 0 Å². The van der Waals surface area contributed by atoms with Crippen LogP contribution in [0, 0.1) is 10.1 Å². The largest absolute Gasteiger partial charge is 0.462 e. The van der Waals surface area contributed by atoms with Crippen molar-refractivity contribution < 1.29 is 14.5 Å². The first kappa shape index (κ1) is 16.1. The molecular weight excluding hydrogens is 264 g/mol. The average molecular weight is 284 g/mol. The first-order chi connectivity index (χ1) is 9.33. The molecule has 112 valence electrons. The normalized spacial score (nSPS) is 18.1. The predicted octanol–water partition coefficient (Wildman–Crippen LogP) is 1.28. The molecule has 1 aromatic rings. The number of rotatable bonds is 3. The fourth-order valence-corrected chi connectivity index (χ4v) is 1.63. The van der Waals surface area contributed by atoms with Crippen molar-refractivity contribution in [3.8, 4) is 0 Å². The van der Waals surface area contributed by atoms with Crippen LogP contribution in [0.25, 0.3) is 0 Å². The number of ether oxygens (including phenoxy) is 1. The zero-order chi connectivity index (χ0) is 15.2. The third-order valence-corrected chi connectivity index (χ3v) is 2.61. The second-order valence-electron chi connectivity index (χ2n) is 5.41. The van der Waals surface area contributed by atoms with Crippen LogP contribution >= 0.6 is 0 Å². The molecule has 1 fully saturated rings. The number of carbonyl (C=O) groups is 1. The highest BCUT2D eigenvalue weighted by atomic mass is 16.6. The zero-order valence-corrected chi connectivity index (χ0v) is 11.9. The Morgan fingerprint density at radius 2 is 2.30 bits per heavy atom. The van der Waals surface area contributed by atoms with Crippen LogP contribution in [-0.4, -0.2) is 39.9 Å². The van der Waals surface area contributed by atoms with Crippen molar-refractivity contribution in [2.75, 3.05) is 13.1 Å². The first-order valence-electron chi connectivity index (χ1n) is 6.34. The molecule has 1 saturated heterocycles. The Balaban J connectivity index is 0.000000246. The average Bonchev–Trinajstić information content (AvgIpc) is 2.99. The molecule has 1 N–H and O–H groups in total. The van der Waals surface area contributed by atoms with Gasteiger partial charge in [0.2, 0.25) is 0 Å². The van der Waals surface area contributed by atoms with Crippen molar-refractivity contribution in [1.82, 2.24) is 15.1 Å². The monoisotopic (exact) mass is 284 g/mol. The highest BCUT2D eigenvalue weighted by Gasteiger charge is 2.19. The first-order valence-corrected chi connectivity index (χ1v) is 6.34. The standard InChI is InChI=1S/C7H10N4O2.C5H10O2/c12-11(13)7-4-9-10(5-7)6-1-2-8-3-6;1-5(2,3)7-4-6/h4-6,8H,1-3H2;4H,1-3H3/t6-;/m1./s1. The molecule has 2 heterocycles. The lowest BCUT2D eigenvalue weighted by atomic mass is 10.2. The van der Waals surface area contributed by atoms with Crippen molar-refractivity contribution >= 4 is 12.2 Å². The van der Waals surface area contributed by atoms with E-state index in [9.17, 15) is 14.9 Å². The molecule has 0 unspecified atom stereocenters. The Hall–Kier alpha value is -1.96. The van der Waals surface area contributed by atoms with Gasteiger partial charge in [-0.25, -0.2) is 0 Å². The van der Waals surface area contributed by atoms with E-state index in [1.54, 1.807) is 4.68 Å². The Bertz CT molecular complexity index is 447. The van der Waals surface area contributed by atoms with Crippen molar-refractivity contribution in [2.24, 2.45) is 0 Å². The van der Waals surface area contributed by atoms with Crippen LogP contribution in [0.1, 0.15) is 33.2 Å². The minimum atomic E-state index is -0.425. The molecule has 0 aliphatic carbocycles. The summed E-state index contributed by atoms with van der Waals surface area (Å²) in [6.07, 6.45) is 3.76. The lowest BCUT2D eigenvalue weighted by Crippen LogP contribution is -2.17. The molecule has 1 atom stereocenters. The molecule has 2 rings (SSSR count). The van der Waals surface area contributed by atoms with Crippen LogP contribution in [0.2, 0.25) is 0 Å². The predicted molar refractivity (Wildman–Crippen MR) is 72.3 cm³/mol. The minimum Gasteiger partial charge on any atom is -0.462 e. The Morgan fingerprint density at radius 3 is 2.65 bits per heavy atom. The van der Waals surface area contributed by atoms with E-state index in [0.29, 0.717) is 6.47 Å². The number of hydrogen-bond donors (Lipinski definition) is 1. The molecule has 1 aromatic heterocycles. The van der Waals surface area contributed by atoms with Gasteiger partial charge in [0.15, 0.2) is 0 Å². The highest BCUT2D eigenvalue weighted by molar-refractivity contribution is 5.37. The molecule has 8 nitrogen and oxygen atoms in total. The Kier molecular flexibility index (Phi) is 5.63. The van der Waals surface area contributed by atoms with E-state index in [0.717, 1.165) is 19.5 Å². The van der Waals surface area contributed by atoms with E-state index >= 15 is 0 Å². The van der Waals surface area contributed by atoms with E-state index in [1.165, 1.54) is 12.4 Å². The van der Waals surface area contributed by atoms with Crippen molar-refractivity contribution in [3.63, 3.8) is 0 Å². The second-order valence-corrected chi connectivity index (χ2v) is 5.41. The van der Waals surface area contributed by atoms with Gasteiger partial charge >= 0.3 is 5.69 Å². The third-order valence-electron chi connectivity index (χ3n) is 2.61. The number of nitro groups is 1. The quantitative estimate of drug-likeness (QED) is 0.510.